The Morgan fingerprint density at radius 1 is 1.28 bits per heavy atom. The Morgan fingerprint density at radius 3 is 2.55 bits per heavy atom. The molecule has 162 valence electrons. The smallest absolute Gasteiger partial charge is 0.293 e. The molecule has 3 rings (SSSR count). The third-order valence-corrected chi connectivity index (χ3v) is 8.07. The molecule has 29 heavy (non-hydrogen) atoms. The van der Waals surface area contributed by atoms with Crippen LogP contribution in [0.2, 0.25) is 0 Å². The summed E-state index contributed by atoms with van der Waals surface area (Å²) < 4.78 is 32.8. The molecule has 0 saturated carbocycles. The lowest BCUT2D eigenvalue weighted by Gasteiger charge is -2.39. The van der Waals surface area contributed by atoms with Gasteiger partial charge in [0.05, 0.1) is 16.4 Å². The van der Waals surface area contributed by atoms with Crippen molar-refractivity contribution in [2.45, 2.75) is 44.4 Å². The number of nitrogens with zero attached hydrogens (tertiary/aromatic N) is 3. The Kier molecular flexibility index (Phi) is 6.50. The third kappa shape index (κ3) is 4.73. The number of sulfonamides is 1. The number of piperidine rings is 2. The summed E-state index contributed by atoms with van der Waals surface area (Å²) >= 11 is 0. The van der Waals surface area contributed by atoms with Gasteiger partial charge in [0.15, 0.2) is 0 Å². The van der Waals surface area contributed by atoms with Gasteiger partial charge >= 0.3 is 0 Å². The van der Waals surface area contributed by atoms with E-state index in [2.05, 4.69) is 6.92 Å². The van der Waals surface area contributed by atoms with Crippen LogP contribution in [-0.2, 0) is 14.8 Å². The highest BCUT2D eigenvalue weighted by Gasteiger charge is 2.34. The molecule has 0 aliphatic carbocycles. The van der Waals surface area contributed by atoms with E-state index in [1.54, 1.807) is 13.2 Å². The van der Waals surface area contributed by atoms with Crippen LogP contribution in [0, 0.1) is 21.4 Å². The Bertz CT molecular complexity index is 850. The van der Waals surface area contributed by atoms with Crippen molar-refractivity contribution in [1.29, 1.82) is 0 Å². The second kappa shape index (κ2) is 8.57. The molecule has 0 N–H and O–H groups in total. The van der Waals surface area contributed by atoms with Gasteiger partial charge in [-0.1, -0.05) is 13.8 Å². The number of anilines is 1. The van der Waals surface area contributed by atoms with Crippen molar-refractivity contribution in [3.8, 4) is 0 Å². The maximum absolute atomic E-state index is 13.0. The van der Waals surface area contributed by atoms with Crippen LogP contribution in [0.4, 0.5) is 11.4 Å². The van der Waals surface area contributed by atoms with E-state index in [1.165, 1.54) is 16.4 Å². The average molecular weight is 426 g/mol. The number of hydrogen-bond donors (Lipinski definition) is 0. The molecule has 8 nitrogen and oxygen atoms in total. The molecule has 0 spiro atoms. The molecular weight excluding hydrogens is 394 g/mol. The number of hydrogen-bond acceptors (Lipinski definition) is 6. The topological polar surface area (TPSA) is 93.0 Å². The first-order valence-electron chi connectivity index (χ1n) is 10.2. The number of nitro benzene ring substituents is 1. The highest BCUT2D eigenvalue weighted by molar-refractivity contribution is 7.89. The van der Waals surface area contributed by atoms with Gasteiger partial charge in [0.2, 0.25) is 10.0 Å². The molecule has 2 aliphatic heterocycles. The molecule has 1 aromatic rings. The van der Waals surface area contributed by atoms with Crippen molar-refractivity contribution in [1.82, 2.24) is 4.31 Å². The van der Waals surface area contributed by atoms with Crippen LogP contribution in [0.1, 0.15) is 39.5 Å². The Labute approximate surface area is 173 Å². The lowest BCUT2D eigenvalue weighted by Crippen LogP contribution is -2.41. The molecule has 2 aliphatic rings. The second-order valence-electron chi connectivity index (χ2n) is 8.75. The van der Waals surface area contributed by atoms with E-state index < -0.39 is 14.9 Å². The minimum Gasteiger partial charge on any atom is -0.384 e. The fraction of sp³-hybridized carbons (Fsp3) is 0.700. The van der Waals surface area contributed by atoms with E-state index in [-0.39, 0.29) is 16.0 Å². The van der Waals surface area contributed by atoms with E-state index in [0.29, 0.717) is 44.4 Å². The van der Waals surface area contributed by atoms with E-state index >= 15 is 0 Å². The van der Waals surface area contributed by atoms with Gasteiger partial charge in [-0.3, -0.25) is 10.1 Å². The zero-order valence-corrected chi connectivity index (χ0v) is 18.3. The normalized spacial score (nSPS) is 23.1. The van der Waals surface area contributed by atoms with Gasteiger partial charge in [-0.05, 0) is 49.1 Å². The summed E-state index contributed by atoms with van der Waals surface area (Å²) in [7, 11) is -2.05. The quantitative estimate of drug-likeness (QED) is 0.513. The number of ether oxygens (including phenoxy) is 1. The summed E-state index contributed by atoms with van der Waals surface area (Å²) in [6.07, 6.45) is 3.55. The Balaban J connectivity index is 1.86. The van der Waals surface area contributed by atoms with Gasteiger partial charge in [-0.25, -0.2) is 8.42 Å². The van der Waals surface area contributed by atoms with E-state index in [4.69, 9.17) is 4.74 Å². The summed E-state index contributed by atoms with van der Waals surface area (Å²) in [5.74, 6) is 0.294. The first kappa shape index (κ1) is 22.0. The number of methoxy groups -OCH3 is 1. The first-order chi connectivity index (χ1) is 13.7. The predicted octanol–water partition coefficient (Wildman–Crippen LogP) is 3.27. The maximum atomic E-state index is 13.0. The third-order valence-electron chi connectivity index (χ3n) is 6.21. The zero-order chi connectivity index (χ0) is 21.2. The Morgan fingerprint density at radius 2 is 1.97 bits per heavy atom. The fourth-order valence-corrected chi connectivity index (χ4v) is 5.99. The van der Waals surface area contributed by atoms with Crippen LogP contribution < -0.4 is 4.90 Å². The van der Waals surface area contributed by atoms with Gasteiger partial charge in [0, 0.05) is 39.4 Å². The highest BCUT2D eigenvalue weighted by Crippen LogP contribution is 2.38. The van der Waals surface area contributed by atoms with Crippen LogP contribution in [0.25, 0.3) is 0 Å². The minimum absolute atomic E-state index is 0.00304. The van der Waals surface area contributed by atoms with Gasteiger partial charge in [-0.15, -0.1) is 0 Å². The van der Waals surface area contributed by atoms with E-state index in [0.717, 1.165) is 25.7 Å². The SMILES string of the molecule is COCC1(C)CCN(c2ccc(S(=O)(=O)N3CCC[C@@H](C)C3)cc2[N+](=O)[O-])CC1. The van der Waals surface area contributed by atoms with Crippen LogP contribution >= 0.6 is 0 Å². The van der Waals surface area contributed by atoms with Crippen LogP contribution in [0.15, 0.2) is 23.1 Å². The van der Waals surface area contributed by atoms with Crippen LogP contribution in [0.3, 0.4) is 0 Å². The zero-order valence-electron chi connectivity index (χ0n) is 17.5. The summed E-state index contributed by atoms with van der Waals surface area (Å²) in [5.41, 5.74) is 0.403. The molecule has 9 heteroatoms. The van der Waals surface area contributed by atoms with E-state index in [9.17, 15) is 18.5 Å². The molecule has 2 saturated heterocycles. The Hall–Kier alpha value is -1.71. The van der Waals surface area contributed by atoms with Gasteiger partial charge in [0.1, 0.15) is 5.69 Å². The maximum Gasteiger partial charge on any atom is 0.293 e. The fourth-order valence-electron chi connectivity index (χ4n) is 4.37. The molecule has 2 fully saturated rings. The standard InChI is InChI=1S/C20H31N3O5S/c1-16-5-4-10-22(14-16)29(26,27)17-6-7-18(19(13-17)23(24)25)21-11-8-20(2,9-12-21)15-28-3/h6-7,13,16H,4-5,8-12,14-15H2,1-3H3/t16-/m1/s1. The molecule has 0 radical (unpaired) electrons. The monoisotopic (exact) mass is 425 g/mol. The summed E-state index contributed by atoms with van der Waals surface area (Å²) in [6, 6.07) is 4.34. The minimum atomic E-state index is -3.73. The summed E-state index contributed by atoms with van der Waals surface area (Å²) in [4.78, 5) is 13.3. The van der Waals surface area contributed by atoms with Crippen molar-refractivity contribution in [3.63, 3.8) is 0 Å². The predicted molar refractivity (Wildman–Crippen MR) is 112 cm³/mol. The van der Waals surface area contributed by atoms with Crippen LogP contribution in [0.5, 0.6) is 0 Å². The molecule has 0 aromatic heterocycles. The molecule has 1 atom stereocenters. The van der Waals surface area contributed by atoms with E-state index in [1.807, 2.05) is 11.8 Å². The van der Waals surface area contributed by atoms with Crippen LogP contribution in [-0.4, -0.2) is 57.5 Å². The molecular formula is C20H31N3O5S. The van der Waals surface area contributed by atoms with Crippen molar-refractivity contribution in [2.24, 2.45) is 11.3 Å². The first-order valence-corrected chi connectivity index (χ1v) is 11.6. The molecule has 0 unspecified atom stereocenters. The van der Waals surface area contributed by atoms with Crippen molar-refractivity contribution in [3.05, 3.63) is 28.3 Å². The highest BCUT2D eigenvalue weighted by atomic mass is 32.2. The van der Waals surface area contributed by atoms with Gasteiger partial charge in [0.25, 0.3) is 5.69 Å². The van der Waals surface area contributed by atoms with Crippen molar-refractivity contribution in [2.75, 3.05) is 44.8 Å². The molecule has 2 heterocycles. The van der Waals surface area contributed by atoms with Gasteiger partial charge in [-0.2, -0.15) is 4.31 Å². The lowest BCUT2D eigenvalue weighted by molar-refractivity contribution is -0.384. The van der Waals surface area contributed by atoms with Crippen molar-refractivity contribution >= 4 is 21.4 Å². The second-order valence-corrected chi connectivity index (χ2v) is 10.7. The van der Waals surface area contributed by atoms with Gasteiger partial charge < -0.3 is 9.64 Å². The summed E-state index contributed by atoms with van der Waals surface area (Å²) in [5, 5.41) is 11.8. The summed E-state index contributed by atoms with van der Waals surface area (Å²) in [6.45, 7) is 7.13. The largest absolute Gasteiger partial charge is 0.384 e. The molecule has 0 amide bonds. The molecule has 0 bridgehead atoms. The van der Waals surface area contributed by atoms with Crippen molar-refractivity contribution < 1.29 is 18.1 Å². The number of benzene rings is 1. The number of rotatable bonds is 6. The number of nitro groups is 1. The average Bonchev–Trinajstić information content (AvgIpc) is 2.68. The lowest BCUT2D eigenvalue weighted by atomic mass is 9.81. The molecule has 1 aromatic carbocycles.